The molecule has 0 fully saturated rings. The Bertz CT molecular complexity index is 330. The van der Waals surface area contributed by atoms with Crippen LogP contribution in [0.3, 0.4) is 0 Å². The van der Waals surface area contributed by atoms with E-state index in [1.807, 2.05) is 25.1 Å². The van der Waals surface area contributed by atoms with Gasteiger partial charge in [-0.25, -0.2) is 0 Å². The van der Waals surface area contributed by atoms with E-state index < -0.39 is 0 Å². The molecule has 1 aromatic rings. The van der Waals surface area contributed by atoms with Gasteiger partial charge < -0.3 is 0 Å². The van der Waals surface area contributed by atoms with Gasteiger partial charge in [0, 0.05) is 10.9 Å². The standard InChI is InChI=1S/C12H13Cl/c1-3-6-10(2)9-11-7-4-5-8-12(11)13/h4-5,7-8,10H,9H2,1-2H3. The summed E-state index contributed by atoms with van der Waals surface area (Å²) in [5.74, 6) is 6.41. The molecule has 1 rings (SSSR count). The van der Waals surface area contributed by atoms with Crippen LogP contribution in [0.1, 0.15) is 19.4 Å². The second-order valence-corrected chi connectivity index (χ2v) is 3.50. The fraction of sp³-hybridized carbons (Fsp3) is 0.333. The number of hydrogen-bond acceptors (Lipinski definition) is 0. The van der Waals surface area contributed by atoms with Crippen molar-refractivity contribution < 1.29 is 0 Å². The van der Waals surface area contributed by atoms with E-state index in [0.29, 0.717) is 5.92 Å². The Hall–Kier alpha value is -0.930. The Morgan fingerprint density at radius 2 is 2.08 bits per heavy atom. The van der Waals surface area contributed by atoms with Gasteiger partial charge in [0.2, 0.25) is 0 Å². The van der Waals surface area contributed by atoms with Gasteiger partial charge in [-0.05, 0) is 25.0 Å². The molecular weight excluding hydrogens is 180 g/mol. The fourth-order valence-electron chi connectivity index (χ4n) is 1.29. The largest absolute Gasteiger partial charge is 0.106 e. The third kappa shape index (κ3) is 3.13. The van der Waals surface area contributed by atoms with E-state index in [9.17, 15) is 0 Å². The van der Waals surface area contributed by atoms with Crippen molar-refractivity contribution in [3.05, 3.63) is 34.9 Å². The summed E-state index contributed by atoms with van der Waals surface area (Å²) in [5.41, 5.74) is 1.18. The molecule has 0 nitrogen and oxygen atoms in total. The maximum Gasteiger partial charge on any atom is 0.0438 e. The van der Waals surface area contributed by atoms with Crippen molar-refractivity contribution in [1.82, 2.24) is 0 Å². The predicted octanol–water partition coefficient (Wildman–Crippen LogP) is 3.54. The minimum absolute atomic E-state index is 0.380. The van der Waals surface area contributed by atoms with Crippen molar-refractivity contribution in [2.24, 2.45) is 5.92 Å². The molecular formula is C12H13Cl. The van der Waals surface area contributed by atoms with Crippen LogP contribution in [-0.4, -0.2) is 0 Å². The molecule has 0 N–H and O–H groups in total. The third-order valence-corrected chi connectivity index (χ3v) is 2.24. The minimum Gasteiger partial charge on any atom is -0.106 e. The van der Waals surface area contributed by atoms with Gasteiger partial charge in [0.15, 0.2) is 0 Å². The average Bonchev–Trinajstić information content (AvgIpc) is 2.09. The van der Waals surface area contributed by atoms with E-state index in [2.05, 4.69) is 24.8 Å². The number of hydrogen-bond donors (Lipinski definition) is 0. The van der Waals surface area contributed by atoms with Crippen LogP contribution in [0.15, 0.2) is 24.3 Å². The molecule has 0 radical (unpaired) electrons. The molecule has 0 saturated heterocycles. The van der Waals surface area contributed by atoms with Gasteiger partial charge in [0.1, 0.15) is 0 Å². The molecule has 0 saturated carbocycles. The Labute approximate surface area is 84.9 Å². The van der Waals surface area contributed by atoms with Gasteiger partial charge in [-0.2, -0.15) is 0 Å². The first-order valence-electron chi connectivity index (χ1n) is 4.39. The summed E-state index contributed by atoms with van der Waals surface area (Å²) < 4.78 is 0. The molecule has 0 spiro atoms. The minimum atomic E-state index is 0.380. The Balaban J connectivity index is 2.72. The zero-order chi connectivity index (χ0) is 9.68. The lowest BCUT2D eigenvalue weighted by atomic mass is 10.0. The lowest BCUT2D eigenvalue weighted by molar-refractivity contribution is 0.750. The molecule has 13 heavy (non-hydrogen) atoms. The molecule has 0 aromatic heterocycles. The molecule has 0 heterocycles. The Morgan fingerprint density at radius 3 is 2.69 bits per heavy atom. The first kappa shape index (κ1) is 10.2. The van der Waals surface area contributed by atoms with Crippen molar-refractivity contribution in [1.29, 1.82) is 0 Å². The molecule has 1 aromatic carbocycles. The van der Waals surface area contributed by atoms with E-state index in [4.69, 9.17) is 11.6 Å². The third-order valence-electron chi connectivity index (χ3n) is 1.87. The summed E-state index contributed by atoms with van der Waals surface area (Å²) in [6, 6.07) is 7.93. The summed E-state index contributed by atoms with van der Waals surface area (Å²) in [5, 5.41) is 0.840. The zero-order valence-corrected chi connectivity index (χ0v) is 8.73. The van der Waals surface area contributed by atoms with Crippen molar-refractivity contribution in [2.75, 3.05) is 0 Å². The maximum atomic E-state index is 6.02. The summed E-state index contributed by atoms with van der Waals surface area (Å²) in [6.45, 7) is 3.98. The van der Waals surface area contributed by atoms with Crippen LogP contribution in [0.25, 0.3) is 0 Å². The zero-order valence-electron chi connectivity index (χ0n) is 7.97. The molecule has 1 heteroatoms. The second-order valence-electron chi connectivity index (χ2n) is 3.09. The number of rotatable bonds is 2. The van der Waals surface area contributed by atoms with Crippen LogP contribution >= 0.6 is 11.6 Å². The van der Waals surface area contributed by atoms with Crippen LogP contribution < -0.4 is 0 Å². The van der Waals surface area contributed by atoms with Crippen molar-refractivity contribution in [2.45, 2.75) is 20.3 Å². The van der Waals surface area contributed by atoms with Gasteiger partial charge in [-0.3, -0.25) is 0 Å². The van der Waals surface area contributed by atoms with Crippen molar-refractivity contribution in [3.63, 3.8) is 0 Å². The fourth-order valence-corrected chi connectivity index (χ4v) is 1.50. The Morgan fingerprint density at radius 1 is 1.38 bits per heavy atom. The highest BCUT2D eigenvalue weighted by molar-refractivity contribution is 6.31. The van der Waals surface area contributed by atoms with Crippen LogP contribution in [0, 0.1) is 17.8 Å². The van der Waals surface area contributed by atoms with E-state index in [-0.39, 0.29) is 0 Å². The van der Waals surface area contributed by atoms with Crippen molar-refractivity contribution >= 4 is 11.6 Å². The lowest BCUT2D eigenvalue weighted by Crippen LogP contribution is -1.96. The normalized spacial score (nSPS) is 11.6. The highest BCUT2D eigenvalue weighted by Crippen LogP contribution is 2.18. The van der Waals surface area contributed by atoms with E-state index >= 15 is 0 Å². The molecule has 1 atom stereocenters. The summed E-state index contributed by atoms with van der Waals surface area (Å²) in [4.78, 5) is 0. The topological polar surface area (TPSA) is 0 Å². The molecule has 1 unspecified atom stereocenters. The summed E-state index contributed by atoms with van der Waals surface area (Å²) in [6.07, 6.45) is 0.931. The first-order valence-corrected chi connectivity index (χ1v) is 4.77. The van der Waals surface area contributed by atoms with Crippen LogP contribution in [0.4, 0.5) is 0 Å². The molecule has 0 aliphatic carbocycles. The maximum absolute atomic E-state index is 6.02. The highest BCUT2D eigenvalue weighted by Gasteiger charge is 2.02. The smallest absolute Gasteiger partial charge is 0.0438 e. The quantitative estimate of drug-likeness (QED) is 0.629. The van der Waals surface area contributed by atoms with Gasteiger partial charge in [0.05, 0.1) is 0 Å². The lowest BCUT2D eigenvalue weighted by Gasteiger charge is -2.05. The Kier molecular flexibility index (Phi) is 3.86. The summed E-state index contributed by atoms with van der Waals surface area (Å²) >= 11 is 6.02. The molecule has 0 aliphatic heterocycles. The number of halogens is 1. The SMILES string of the molecule is CC#CC(C)Cc1ccccc1Cl. The van der Waals surface area contributed by atoms with E-state index in [1.165, 1.54) is 5.56 Å². The molecule has 0 aliphatic rings. The van der Waals surface area contributed by atoms with Gasteiger partial charge in [-0.15, -0.1) is 11.8 Å². The number of benzene rings is 1. The first-order chi connectivity index (χ1) is 6.24. The van der Waals surface area contributed by atoms with Crippen LogP contribution in [0.5, 0.6) is 0 Å². The van der Waals surface area contributed by atoms with Crippen LogP contribution in [-0.2, 0) is 6.42 Å². The molecule has 0 amide bonds. The van der Waals surface area contributed by atoms with Gasteiger partial charge >= 0.3 is 0 Å². The predicted molar refractivity (Wildman–Crippen MR) is 57.8 cm³/mol. The monoisotopic (exact) mass is 192 g/mol. The summed E-state index contributed by atoms with van der Waals surface area (Å²) in [7, 11) is 0. The van der Waals surface area contributed by atoms with Gasteiger partial charge in [-0.1, -0.05) is 36.7 Å². The van der Waals surface area contributed by atoms with E-state index in [0.717, 1.165) is 11.4 Å². The molecule has 0 bridgehead atoms. The van der Waals surface area contributed by atoms with Crippen LogP contribution in [0.2, 0.25) is 5.02 Å². The van der Waals surface area contributed by atoms with Gasteiger partial charge in [0.25, 0.3) is 0 Å². The molecule has 68 valence electrons. The van der Waals surface area contributed by atoms with E-state index in [1.54, 1.807) is 0 Å². The second kappa shape index (κ2) is 4.94. The average molecular weight is 193 g/mol. The highest BCUT2D eigenvalue weighted by atomic mass is 35.5. The van der Waals surface area contributed by atoms with Crippen molar-refractivity contribution in [3.8, 4) is 11.8 Å².